The first-order valence-corrected chi connectivity index (χ1v) is 7.75. The summed E-state index contributed by atoms with van der Waals surface area (Å²) in [5.74, 6) is -0.208. The van der Waals surface area contributed by atoms with E-state index in [9.17, 15) is 9.59 Å². The van der Waals surface area contributed by atoms with Gasteiger partial charge in [0.25, 0.3) is 0 Å². The molecule has 2 amide bonds. The standard InChI is InChI=1S/C14H20N2O3S/c1-4-10(9-20-3)16(2)14(19)15-12-8-6-5-7-11(12)13(17)18/h5-8,10H,4,9H2,1-3H3,(H,15,19)(H,17,18). The highest BCUT2D eigenvalue weighted by atomic mass is 32.2. The van der Waals surface area contributed by atoms with Crippen LogP contribution in [-0.4, -0.2) is 47.1 Å². The van der Waals surface area contributed by atoms with E-state index in [0.717, 1.165) is 12.2 Å². The third kappa shape index (κ3) is 4.16. The van der Waals surface area contributed by atoms with Crippen molar-refractivity contribution in [3.05, 3.63) is 29.8 Å². The molecule has 2 N–H and O–H groups in total. The van der Waals surface area contributed by atoms with Crippen LogP contribution < -0.4 is 5.32 Å². The molecule has 5 nitrogen and oxygen atoms in total. The third-order valence-corrected chi connectivity index (χ3v) is 3.82. The first kappa shape index (κ1) is 16.4. The summed E-state index contributed by atoms with van der Waals surface area (Å²) in [6.07, 6.45) is 2.85. The predicted octanol–water partition coefficient (Wildman–Crippen LogP) is 2.99. The second kappa shape index (κ2) is 7.79. The van der Waals surface area contributed by atoms with Gasteiger partial charge in [0.1, 0.15) is 0 Å². The number of carboxylic acid groups (broad SMARTS) is 1. The van der Waals surface area contributed by atoms with Crippen LogP contribution in [0.15, 0.2) is 24.3 Å². The van der Waals surface area contributed by atoms with Gasteiger partial charge in [-0.15, -0.1) is 0 Å². The Morgan fingerprint density at radius 3 is 2.60 bits per heavy atom. The summed E-state index contributed by atoms with van der Waals surface area (Å²) in [5.41, 5.74) is 0.406. The molecular weight excluding hydrogens is 276 g/mol. The minimum absolute atomic E-state index is 0.0900. The van der Waals surface area contributed by atoms with Gasteiger partial charge in [-0.25, -0.2) is 9.59 Å². The Balaban J connectivity index is 2.82. The van der Waals surface area contributed by atoms with Crippen LogP contribution in [0.1, 0.15) is 23.7 Å². The number of nitrogens with zero attached hydrogens (tertiary/aromatic N) is 1. The van der Waals surface area contributed by atoms with E-state index in [-0.39, 0.29) is 17.6 Å². The number of benzene rings is 1. The van der Waals surface area contributed by atoms with Gasteiger partial charge in [-0.2, -0.15) is 11.8 Å². The Labute approximate surface area is 123 Å². The van der Waals surface area contributed by atoms with Crippen LogP contribution in [0.25, 0.3) is 0 Å². The molecule has 0 aliphatic carbocycles. The van der Waals surface area contributed by atoms with Crippen molar-refractivity contribution >= 4 is 29.4 Å². The van der Waals surface area contributed by atoms with E-state index in [1.54, 1.807) is 41.9 Å². The number of aromatic carboxylic acids is 1. The number of nitrogens with one attached hydrogen (secondary N) is 1. The molecule has 1 rings (SSSR count). The molecule has 0 aliphatic rings. The van der Waals surface area contributed by atoms with Crippen LogP contribution in [0, 0.1) is 0 Å². The molecule has 1 unspecified atom stereocenters. The van der Waals surface area contributed by atoms with Crippen molar-refractivity contribution in [1.29, 1.82) is 0 Å². The normalized spacial score (nSPS) is 11.8. The Kier molecular flexibility index (Phi) is 6.38. The van der Waals surface area contributed by atoms with Crippen LogP contribution in [-0.2, 0) is 0 Å². The van der Waals surface area contributed by atoms with E-state index >= 15 is 0 Å². The fraction of sp³-hybridized carbons (Fsp3) is 0.429. The van der Waals surface area contributed by atoms with E-state index in [1.165, 1.54) is 6.07 Å². The van der Waals surface area contributed by atoms with E-state index in [4.69, 9.17) is 5.11 Å². The zero-order valence-electron chi connectivity index (χ0n) is 11.9. The van der Waals surface area contributed by atoms with Crippen molar-refractivity contribution < 1.29 is 14.7 Å². The second-order valence-corrected chi connectivity index (χ2v) is 5.32. The number of hydrogen-bond donors (Lipinski definition) is 2. The molecule has 0 saturated heterocycles. The Morgan fingerprint density at radius 1 is 1.40 bits per heavy atom. The van der Waals surface area contributed by atoms with E-state index in [2.05, 4.69) is 5.32 Å². The molecule has 6 heteroatoms. The van der Waals surface area contributed by atoms with Crippen LogP contribution in [0.5, 0.6) is 0 Å². The van der Waals surface area contributed by atoms with Crippen LogP contribution in [0.2, 0.25) is 0 Å². The number of carboxylic acids is 1. The van der Waals surface area contributed by atoms with Gasteiger partial charge in [0.2, 0.25) is 0 Å². The van der Waals surface area contributed by atoms with Crippen molar-refractivity contribution in [3.8, 4) is 0 Å². The number of thioether (sulfide) groups is 1. The maximum atomic E-state index is 12.2. The van der Waals surface area contributed by atoms with Crippen molar-refractivity contribution in [2.24, 2.45) is 0 Å². The number of carbonyl (C=O) groups is 2. The molecule has 0 fully saturated rings. The summed E-state index contributed by atoms with van der Waals surface area (Å²) >= 11 is 1.68. The van der Waals surface area contributed by atoms with Gasteiger partial charge in [0.15, 0.2) is 0 Å². The summed E-state index contributed by atoms with van der Waals surface area (Å²) in [6, 6.07) is 6.22. The average Bonchev–Trinajstić information content (AvgIpc) is 2.44. The van der Waals surface area contributed by atoms with Gasteiger partial charge in [0.05, 0.1) is 11.3 Å². The highest BCUT2D eigenvalue weighted by Crippen LogP contribution is 2.16. The van der Waals surface area contributed by atoms with E-state index in [0.29, 0.717) is 5.69 Å². The molecule has 1 aromatic rings. The van der Waals surface area contributed by atoms with Gasteiger partial charge >= 0.3 is 12.0 Å². The largest absolute Gasteiger partial charge is 0.478 e. The summed E-state index contributed by atoms with van der Waals surface area (Å²) < 4.78 is 0. The maximum Gasteiger partial charge on any atom is 0.337 e. The Bertz CT molecular complexity index is 479. The topological polar surface area (TPSA) is 69.6 Å². The molecule has 110 valence electrons. The summed E-state index contributed by atoms with van der Waals surface area (Å²) in [6.45, 7) is 2.02. The van der Waals surface area contributed by atoms with E-state index in [1.807, 2.05) is 13.2 Å². The lowest BCUT2D eigenvalue weighted by atomic mass is 10.2. The molecule has 0 heterocycles. The number of amides is 2. The Morgan fingerprint density at radius 2 is 2.05 bits per heavy atom. The molecule has 0 aliphatic heterocycles. The zero-order chi connectivity index (χ0) is 15.1. The first-order chi connectivity index (χ1) is 9.51. The summed E-state index contributed by atoms with van der Waals surface area (Å²) in [4.78, 5) is 24.9. The van der Waals surface area contributed by atoms with Gasteiger partial charge in [0, 0.05) is 18.8 Å². The SMILES string of the molecule is CCC(CSC)N(C)C(=O)Nc1ccccc1C(=O)O. The zero-order valence-corrected chi connectivity index (χ0v) is 12.7. The number of anilines is 1. The van der Waals surface area contributed by atoms with E-state index < -0.39 is 5.97 Å². The molecule has 0 saturated carbocycles. The molecular formula is C14H20N2O3S. The predicted molar refractivity (Wildman–Crippen MR) is 82.6 cm³/mol. The minimum Gasteiger partial charge on any atom is -0.478 e. The molecule has 0 bridgehead atoms. The van der Waals surface area contributed by atoms with Crippen LogP contribution in [0.4, 0.5) is 10.5 Å². The quantitative estimate of drug-likeness (QED) is 0.846. The van der Waals surface area contributed by atoms with Crippen molar-refractivity contribution in [3.63, 3.8) is 0 Å². The fourth-order valence-corrected chi connectivity index (χ4v) is 2.69. The molecule has 0 spiro atoms. The summed E-state index contributed by atoms with van der Waals surface area (Å²) in [7, 11) is 1.73. The summed E-state index contributed by atoms with van der Waals surface area (Å²) in [5, 5.41) is 11.8. The second-order valence-electron chi connectivity index (χ2n) is 4.41. The lowest BCUT2D eigenvalue weighted by Crippen LogP contribution is -2.41. The van der Waals surface area contributed by atoms with Gasteiger partial charge in [-0.3, -0.25) is 0 Å². The smallest absolute Gasteiger partial charge is 0.337 e. The number of carbonyl (C=O) groups excluding carboxylic acids is 1. The average molecular weight is 296 g/mol. The van der Waals surface area contributed by atoms with Gasteiger partial charge in [-0.05, 0) is 24.8 Å². The minimum atomic E-state index is -1.06. The first-order valence-electron chi connectivity index (χ1n) is 6.36. The number of hydrogen-bond acceptors (Lipinski definition) is 3. The number of para-hydroxylation sites is 1. The van der Waals surface area contributed by atoms with Crippen LogP contribution in [0.3, 0.4) is 0 Å². The van der Waals surface area contributed by atoms with Gasteiger partial charge < -0.3 is 15.3 Å². The highest BCUT2D eigenvalue weighted by molar-refractivity contribution is 7.98. The van der Waals surface area contributed by atoms with Crippen molar-refractivity contribution in [1.82, 2.24) is 4.90 Å². The molecule has 1 atom stereocenters. The number of rotatable bonds is 6. The van der Waals surface area contributed by atoms with Crippen molar-refractivity contribution in [2.45, 2.75) is 19.4 Å². The van der Waals surface area contributed by atoms with Gasteiger partial charge in [-0.1, -0.05) is 19.1 Å². The van der Waals surface area contributed by atoms with Crippen LogP contribution >= 0.6 is 11.8 Å². The molecule has 0 aromatic heterocycles. The lowest BCUT2D eigenvalue weighted by molar-refractivity contribution is 0.0698. The molecule has 20 heavy (non-hydrogen) atoms. The van der Waals surface area contributed by atoms with Crippen molar-refractivity contribution in [2.75, 3.05) is 24.4 Å². The molecule has 0 radical (unpaired) electrons. The third-order valence-electron chi connectivity index (χ3n) is 3.10. The molecule has 1 aromatic carbocycles. The monoisotopic (exact) mass is 296 g/mol. The Hall–Kier alpha value is -1.69. The maximum absolute atomic E-state index is 12.2. The lowest BCUT2D eigenvalue weighted by Gasteiger charge is -2.27. The number of urea groups is 1. The highest BCUT2D eigenvalue weighted by Gasteiger charge is 2.19. The fourth-order valence-electron chi connectivity index (χ4n) is 1.84.